The van der Waals surface area contributed by atoms with Gasteiger partial charge in [-0.1, -0.05) is 30.0 Å². The van der Waals surface area contributed by atoms with Crippen LogP contribution in [0.2, 0.25) is 0 Å². The Labute approximate surface area is 144 Å². The Morgan fingerprint density at radius 2 is 2.08 bits per heavy atom. The van der Waals surface area contributed by atoms with Crippen molar-refractivity contribution in [2.45, 2.75) is 23.7 Å². The molecule has 0 saturated carbocycles. The summed E-state index contributed by atoms with van der Waals surface area (Å²) in [5, 5.41) is 7.61. The Morgan fingerprint density at radius 3 is 2.75 bits per heavy atom. The highest BCUT2D eigenvalue weighted by Gasteiger charge is 2.15. The summed E-state index contributed by atoms with van der Waals surface area (Å²) in [6, 6.07) is 13.4. The number of nitrogens with zero attached hydrogens (tertiary/aromatic N) is 4. The molecule has 1 N–H and O–H groups in total. The lowest BCUT2D eigenvalue weighted by atomic mass is 10.2. The third-order valence-corrected chi connectivity index (χ3v) is 4.39. The first kappa shape index (κ1) is 16.2. The maximum atomic E-state index is 12.3. The molecule has 0 radical (unpaired) electrons. The van der Waals surface area contributed by atoms with Gasteiger partial charge in [-0.15, -0.1) is 0 Å². The number of pyridine rings is 1. The van der Waals surface area contributed by atoms with Crippen molar-refractivity contribution in [2.24, 2.45) is 0 Å². The molecule has 3 aromatic rings. The van der Waals surface area contributed by atoms with E-state index in [2.05, 4.69) is 20.4 Å². The molecule has 6 nitrogen and oxygen atoms in total. The van der Waals surface area contributed by atoms with Crippen molar-refractivity contribution in [3.63, 3.8) is 0 Å². The number of carbonyl (C=O) groups is 1. The topological polar surface area (TPSA) is 72.7 Å². The molecule has 0 bridgehead atoms. The number of amides is 1. The number of benzene rings is 1. The van der Waals surface area contributed by atoms with Crippen LogP contribution in [-0.2, 0) is 11.3 Å². The first-order chi connectivity index (χ1) is 11.7. The molecule has 1 unspecified atom stereocenters. The highest BCUT2D eigenvalue weighted by molar-refractivity contribution is 8.00. The quantitative estimate of drug-likeness (QED) is 0.699. The summed E-state index contributed by atoms with van der Waals surface area (Å²) >= 11 is 1.44. The van der Waals surface area contributed by atoms with Gasteiger partial charge in [0.05, 0.1) is 16.8 Å². The summed E-state index contributed by atoms with van der Waals surface area (Å²) in [6.45, 7) is 2.52. The van der Waals surface area contributed by atoms with Gasteiger partial charge >= 0.3 is 0 Å². The summed E-state index contributed by atoms with van der Waals surface area (Å²) in [5.41, 5.74) is 1.87. The van der Waals surface area contributed by atoms with E-state index in [4.69, 9.17) is 0 Å². The molecule has 2 aromatic heterocycles. The van der Waals surface area contributed by atoms with Crippen molar-refractivity contribution >= 4 is 23.4 Å². The van der Waals surface area contributed by atoms with Crippen LogP contribution in [0, 0.1) is 0 Å². The fraction of sp³-hybridized carbons (Fsp3) is 0.176. The second-order valence-corrected chi connectivity index (χ2v) is 6.57. The van der Waals surface area contributed by atoms with Gasteiger partial charge in [-0.3, -0.25) is 4.79 Å². The van der Waals surface area contributed by atoms with Crippen molar-refractivity contribution in [2.75, 3.05) is 5.32 Å². The molecule has 1 amide bonds. The number of aromatic nitrogens is 4. The van der Waals surface area contributed by atoms with Gasteiger partial charge in [-0.2, -0.15) is 5.10 Å². The van der Waals surface area contributed by atoms with Crippen LogP contribution >= 0.6 is 11.8 Å². The van der Waals surface area contributed by atoms with Crippen LogP contribution < -0.4 is 5.32 Å². The monoisotopic (exact) mass is 339 g/mol. The Bertz CT molecular complexity index is 775. The molecule has 1 aromatic carbocycles. The first-order valence-electron chi connectivity index (χ1n) is 7.50. The minimum Gasteiger partial charge on any atom is -0.325 e. The molecule has 122 valence electrons. The van der Waals surface area contributed by atoms with Gasteiger partial charge in [0.15, 0.2) is 0 Å². The molecular formula is C17H17N5OS. The largest absolute Gasteiger partial charge is 0.325 e. The second-order valence-electron chi connectivity index (χ2n) is 5.21. The molecule has 2 heterocycles. The van der Waals surface area contributed by atoms with E-state index < -0.39 is 0 Å². The third kappa shape index (κ3) is 4.42. The molecule has 0 spiro atoms. The Morgan fingerprint density at radius 1 is 1.25 bits per heavy atom. The van der Waals surface area contributed by atoms with E-state index in [0.717, 1.165) is 16.3 Å². The first-order valence-corrected chi connectivity index (χ1v) is 8.38. The predicted molar refractivity (Wildman–Crippen MR) is 93.8 cm³/mol. The van der Waals surface area contributed by atoms with Gasteiger partial charge in [0.25, 0.3) is 0 Å². The van der Waals surface area contributed by atoms with E-state index in [0.29, 0.717) is 6.54 Å². The van der Waals surface area contributed by atoms with Crippen molar-refractivity contribution in [1.82, 2.24) is 19.7 Å². The fourth-order valence-electron chi connectivity index (χ4n) is 2.09. The number of hydrogen-bond donors (Lipinski definition) is 1. The standard InChI is InChI=1S/C17H17N5OS/c1-13(24-16-4-2-3-9-19-16)17(23)21-15-7-5-14(6-8-15)10-22-12-18-11-20-22/h2-9,11-13H,10H2,1H3,(H,21,23). The molecule has 0 aliphatic carbocycles. The van der Waals surface area contributed by atoms with Gasteiger partial charge in [-0.05, 0) is 36.8 Å². The summed E-state index contributed by atoms with van der Waals surface area (Å²) in [6.07, 6.45) is 4.91. The molecule has 1 atom stereocenters. The zero-order valence-corrected chi connectivity index (χ0v) is 14.0. The summed E-state index contributed by atoms with van der Waals surface area (Å²) < 4.78 is 1.75. The molecule has 7 heteroatoms. The third-order valence-electron chi connectivity index (χ3n) is 3.34. The van der Waals surface area contributed by atoms with Gasteiger partial charge in [-0.25, -0.2) is 14.6 Å². The minimum absolute atomic E-state index is 0.0466. The van der Waals surface area contributed by atoms with Crippen LogP contribution in [0.4, 0.5) is 5.69 Å². The minimum atomic E-state index is -0.227. The van der Waals surface area contributed by atoms with Gasteiger partial charge < -0.3 is 5.32 Å². The van der Waals surface area contributed by atoms with Crippen LogP contribution in [0.5, 0.6) is 0 Å². The summed E-state index contributed by atoms with van der Waals surface area (Å²) in [4.78, 5) is 20.4. The maximum Gasteiger partial charge on any atom is 0.237 e. The number of nitrogens with one attached hydrogen (secondary N) is 1. The predicted octanol–water partition coefficient (Wildman–Crippen LogP) is 2.84. The van der Waals surface area contributed by atoms with E-state index in [9.17, 15) is 4.79 Å². The van der Waals surface area contributed by atoms with Gasteiger partial charge in [0.1, 0.15) is 12.7 Å². The van der Waals surface area contributed by atoms with Crippen molar-refractivity contribution in [3.8, 4) is 0 Å². The van der Waals surface area contributed by atoms with E-state index >= 15 is 0 Å². The van der Waals surface area contributed by atoms with Crippen LogP contribution in [0.1, 0.15) is 12.5 Å². The maximum absolute atomic E-state index is 12.3. The average molecular weight is 339 g/mol. The Kier molecular flexibility index (Phi) is 5.22. The molecular weight excluding hydrogens is 322 g/mol. The number of carbonyl (C=O) groups excluding carboxylic acids is 1. The smallest absolute Gasteiger partial charge is 0.237 e. The van der Waals surface area contributed by atoms with Crippen molar-refractivity contribution in [1.29, 1.82) is 0 Å². The molecule has 0 saturated heterocycles. The molecule has 3 rings (SSSR count). The van der Waals surface area contributed by atoms with E-state index in [1.807, 2.05) is 49.4 Å². The van der Waals surface area contributed by atoms with Crippen molar-refractivity contribution < 1.29 is 4.79 Å². The molecule has 0 fully saturated rings. The zero-order valence-electron chi connectivity index (χ0n) is 13.2. The lowest BCUT2D eigenvalue weighted by Gasteiger charge is -2.12. The van der Waals surface area contributed by atoms with Crippen molar-refractivity contribution in [3.05, 3.63) is 66.9 Å². The Hall–Kier alpha value is -2.67. The van der Waals surface area contributed by atoms with Crippen LogP contribution in [-0.4, -0.2) is 30.9 Å². The zero-order chi connectivity index (χ0) is 16.8. The number of rotatable bonds is 6. The highest BCUT2D eigenvalue weighted by Crippen LogP contribution is 2.21. The summed E-state index contributed by atoms with van der Waals surface area (Å²) in [5.74, 6) is -0.0466. The average Bonchev–Trinajstić information content (AvgIpc) is 3.10. The lowest BCUT2D eigenvalue weighted by molar-refractivity contribution is -0.115. The van der Waals surface area contributed by atoms with Gasteiger partial charge in [0.2, 0.25) is 5.91 Å². The molecule has 0 aliphatic rings. The second kappa shape index (κ2) is 7.74. The number of thioether (sulfide) groups is 1. The van der Waals surface area contributed by atoms with Crippen LogP contribution in [0.25, 0.3) is 0 Å². The number of anilines is 1. The molecule has 0 aliphatic heterocycles. The SMILES string of the molecule is CC(Sc1ccccn1)C(=O)Nc1ccc(Cn2cncn2)cc1. The van der Waals surface area contributed by atoms with E-state index in [1.54, 1.807) is 17.2 Å². The summed E-state index contributed by atoms with van der Waals surface area (Å²) in [7, 11) is 0. The van der Waals surface area contributed by atoms with Gasteiger partial charge in [0, 0.05) is 11.9 Å². The van der Waals surface area contributed by atoms with E-state index in [1.165, 1.54) is 18.1 Å². The number of hydrogen-bond acceptors (Lipinski definition) is 5. The Balaban J connectivity index is 1.56. The fourth-order valence-corrected chi connectivity index (χ4v) is 2.90. The lowest BCUT2D eigenvalue weighted by Crippen LogP contribution is -2.22. The highest BCUT2D eigenvalue weighted by atomic mass is 32.2. The normalized spacial score (nSPS) is 11.9. The molecule has 24 heavy (non-hydrogen) atoms. The van der Waals surface area contributed by atoms with E-state index in [-0.39, 0.29) is 11.2 Å². The van der Waals surface area contributed by atoms with Crippen LogP contribution in [0.3, 0.4) is 0 Å². The van der Waals surface area contributed by atoms with Crippen LogP contribution in [0.15, 0.2) is 66.3 Å².